The number of pyridine rings is 1. The standard InChI is InChI=1S/C11H15NO3/c1-14-11(13)6-4-8-15-9-10-5-2-3-7-12-10/h2-3,5,7H,4,6,8-9H2,1H3. The Labute approximate surface area is 89.2 Å². The Balaban J connectivity index is 2.05. The van der Waals surface area contributed by atoms with Gasteiger partial charge in [-0.2, -0.15) is 0 Å². The van der Waals surface area contributed by atoms with E-state index in [1.165, 1.54) is 7.11 Å². The number of carbonyl (C=O) groups excluding carboxylic acids is 1. The van der Waals surface area contributed by atoms with Crippen molar-refractivity contribution < 1.29 is 14.3 Å². The van der Waals surface area contributed by atoms with E-state index in [2.05, 4.69) is 9.72 Å². The molecule has 0 N–H and O–H groups in total. The first-order chi connectivity index (χ1) is 7.33. The number of hydrogen-bond donors (Lipinski definition) is 0. The van der Waals surface area contributed by atoms with Gasteiger partial charge in [0, 0.05) is 19.2 Å². The van der Waals surface area contributed by atoms with E-state index in [9.17, 15) is 4.79 Å². The predicted molar refractivity (Wildman–Crippen MR) is 55.1 cm³/mol. The summed E-state index contributed by atoms with van der Waals surface area (Å²) < 4.78 is 9.85. The molecule has 0 atom stereocenters. The van der Waals surface area contributed by atoms with E-state index >= 15 is 0 Å². The maximum Gasteiger partial charge on any atom is 0.305 e. The summed E-state index contributed by atoms with van der Waals surface area (Å²) in [5.41, 5.74) is 0.899. The molecule has 4 heteroatoms. The maximum absolute atomic E-state index is 10.8. The molecule has 0 radical (unpaired) electrons. The Hall–Kier alpha value is -1.42. The van der Waals surface area contributed by atoms with Crippen LogP contribution in [0.25, 0.3) is 0 Å². The summed E-state index contributed by atoms with van der Waals surface area (Å²) in [5, 5.41) is 0. The Kier molecular flexibility index (Phi) is 5.40. The number of rotatable bonds is 6. The van der Waals surface area contributed by atoms with Gasteiger partial charge in [-0.15, -0.1) is 0 Å². The Bertz CT molecular complexity index is 287. The summed E-state index contributed by atoms with van der Waals surface area (Å²) in [5.74, 6) is -0.198. The molecule has 1 heterocycles. The zero-order valence-corrected chi connectivity index (χ0v) is 8.81. The van der Waals surface area contributed by atoms with Crippen molar-refractivity contribution in [3.63, 3.8) is 0 Å². The lowest BCUT2D eigenvalue weighted by Gasteiger charge is -2.02. The zero-order valence-electron chi connectivity index (χ0n) is 8.81. The van der Waals surface area contributed by atoms with Gasteiger partial charge in [0.25, 0.3) is 0 Å². The van der Waals surface area contributed by atoms with Crippen molar-refractivity contribution >= 4 is 5.97 Å². The van der Waals surface area contributed by atoms with Crippen molar-refractivity contribution in [2.45, 2.75) is 19.4 Å². The Morgan fingerprint density at radius 2 is 2.33 bits per heavy atom. The zero-order chi connectivity index (χ0) is 10.9. The summed E-state index contributed by atoms with van der Waals surface area (Å²) in [6.45, 7) is 1.04. The third-order valence-electron chi connectivity index (χ3n) is 1.87. The minimum Gasteiger partial charge on any atom is -0.469 e. The van der Waals surface area contributed by atoms with Crippen molar-refractivity contribution in [2.75, 3.05) is 13.7 Å². The van der Waals surface area contributed by atoms with Crippen molar-refractivity contribution in [3.05, 3.63) is 30.1 Å². The van der Waals surface area contributed by atoms with E-state index in [-0.39, 0.29) is 5.97 Å². The molecule has 0 spiro atoms. The van der Waals surface area contributed by atoms with E-state index < -0.39 is 0 Å². The molecule has 0 fully saturated rings. The van der Waals surface area contributed by atoms with Crippen LogP contribution in [-0.2, 0) is 20.9 Å². The van der Waals surface area contributed by atoms with Gasteiger partial charge in [0.05, 0.1) is 19.4 Å². The van der Waals surface area contributed by atoms with Gasteiger partial charge >= 0.3 is 5.97 Å². The van der Waals surface area contributed by atoms with Gasteiger partial charge in [0.2, 0.25) is 0 Å². The fourth-order valence-electron chi connectivity index (χ4n) is 1.08. The van der Waals surface area contributed by atoms with Crippen LogP contribution in [0, 0.1) is 0 Å². The first-order valence-electron chi connectivity index (χ1n) is 4.87. The number of ether oxygens (including phenoxy) is 2. The van der Waals surface area contributed by atoms with Crippen molar-refractivity contribution in [1.29, 1.82) is 0 Å². The fraction of sp³-hybridized carbons (Fsp3) is 0.455. The molecule has 0 unspecified atom stereocenters. The van der Waals surface area contributed by atoms with Crippen LogP contribution in [0.15, 0.2) is 24.4 Å². The monoisotopic (exact) mass is 209 g/mol. The maximum atomic E-state index is 10.8. The smallest absolute Gasteiger partial charge is 0.305 e. The van der Waals surface area contributed by atoms with Gasteiger partial charge in [0.1, 0.15) is 0 Å². The second kappa shape index (κ2) is 6.95. The molecule has 0 amide bonds. The van der Waals surface area contributed by atoms with E-state index in [1.807, 2.05) is 18.2 Å². The van der Waals surface area contributed by atoms with Crippen LogP contribution in [0.3, 0.4) is 0 Å². The van der Waals surface area contributed by atoms with Crippen LogP contribution in [0.1, 0.15) is 18.5 Å². The number of esters is 1. The number of methoxy groups -OCH3 is 1. The number of hydrogen-bond acceptors (Lipinski definition) is 4. The molecule has 0 saturated heterocycles. The van der Waals surface area contributed by atoms with Crippen LogP contribution < -0.4 is 0 Å². The second-order valence-corrected chi connectivity index (χ2v) is 3.05. The largest absolute Gasteiger partial charge is 0.469 e. The third-order valence-corrected chi connectivity index (χ3v) is 1.87. The van der Waals surface area contributed by atoms with Gasteiger partial charge in [0.15, 0.2) is 0 Å². The van der Waals surface area contributed by atoms with E-state index in [4.69, 9.17) is 4.74 Å². The topological polar surface area (TPSA) is 48.4 Å². The van der Waals surface area contributed by atoms with Gasteiger partial charge in [-0.25, -0.2) is 0 Å². The summed E-state index contributed by atoms with van der Waals surface area (Å²) in [4.78, 5) is 14.9. The van der Waals surface area contributed by atoms with Gasteiger partial charge in [-0.1, -0.05) is 6.07 Å². The SMILES string of the molecule is COC(=O)CCCOCc1ccccn1. The van der Waals surface area contributed by atoms with E-state index in [0.717, 1.165) is 5.69 Å². The molecule has 0 bridgehead atoms. The van der Waals surface area contributed by atoms with Crippen LogP contribution in [0.2, 0.25) is 0 Å². The summed E-state index contributed by atoms with van der Waals surface area (Å²) >= 11 is 0. The third kappa shape index (κ3) is 5.12. The first-order valence-corrected chi connectivity index (χ1v) is 4.87. The van der Waals surface area contributed by atoms with E-state index in [1.54, 1.807) is 6.20 Å². The molecule has 15 heavy (non-hydrogen) atoms. The lowest BCUT2D eigenvalue weighted by molar-refractivity contribution is -0.141. The molecular formula is C11H15NO3. The predicted octanol–water partition coefficient (Wildman–Crippen LogP) is 1.55. The highest BCUT2D eigenvalue weighted by atomic mass is 16.5. The lowest BCUT2D eigenvalue weighted by Crippen LogP contribution is -2.03. The highest BCUT2D eigenvalue weighted by molar-refractivity contribution is 5.68. The lowest BCUT2D eigenvalue weighted by atomic mass is 10.3. The highest BCUT2D eigenvalue weighted by Gasteiger charge is 1.99. The van der Waals surface area contributed by atoms with Crippen LogP contribution >= 0.6 is 0 Å². The van der Waals surface area contributed by atoms with Crippen molar-refractivity contribution in [2.24, 2.45) is 0 Å². The summed E-state index contributed by atoms with van der Waals surface area (Å²) in [7, 11) is 1.39. The van der Waals surface area contributed by atoms with Crippen molar-refractivity contribution in [3.8, 4) is 0 Å². The molecule has 0 saturated carbocycles. The summed E-state index contributed by atoms with van der Waals surface area (Å²) in [6, 6.07) is 5.68. The molecule has 1 rings (SSSR count). The van der Waals surface area contributed by atoms with Crippen LogP contribution in [0.5, 0.6) is 0 Å². The molecule has 1 aromatic heterocycles. The minimum absolute atomic E-state index is 0.198. The van der Waals surface area contributed by atoms with Gasteiger partial charge in [-0.05, 0) is 18.6 Å². The molecule has 0 aliphatic heterocycles. The minimum atomic E-state index is -0.198. The van der Waals surface area contributed by atoms with Gasteiger partial charge in [-0.3, -0.25) is 9.78 Å². The quantitative estimate of drug-likeness (QED) is 0.527. The molecule has 1 aromatic rings. The molecule has 0 aliphatic rings. The van der Waals surface area contributed by atoms with Gasteiger partial charge < -0.3 is 9.47 Å². The number of carbonyl (C=O) groups is 1. The normalized spacial score (nSPS) is 9.93. The highest BCUT2D eigenvalue weighted by Crippen LogP contribution is 1.98. The molecule has 4 nitrogen and oxygen atoms in total. The Morgan fingerprint density at radius 3 is 3.00 bits per heavy atom. The summed E-state index contributed by atoms with van der Waals surface area (Å²) in [6.07, 6.45) is 2.81. The first kappa shape index (κ1) is 11.7. The molecule has 82 valence electrons. The van der Waals surface area contributed by atoms with Crippen molar-refractivity contribution in [1.82, 2.24) is 4.98 Å². The Morgan fingerprint density at radius 1 is 1.47 bits per heavy atom. The second-order valence-electron chi connectivity index (χ2n) is 3.05. The molecule has 0 aromatic carbocycles. The molecular weight excluding hydrogens is 194 g/mol. The number of aromatic nitrogens is 1. The van der Waals surface area contributed by atoms with Crippen LogP contribution in [-0.4, -0.2) is 24.7 Å². The average Bonchev–Trinajstić information content (AvgIpc) is 2.29. The van der Waals surface area contributed by atoms with Crippen LogP contribution in [0.4, 0.5) is 0 Å². The fourth-order valence-corrected chi connectivity index (χ4v) is 1.08. The number of nitrogens with zero attached hydrogens (tertiary/aromatic N) is 1. The molecule has 0 aliphatic carbocycles. The average molecular weight is 209 g/mol. The van der Waals surface area contributed by atoms with E-state index in [0.29, 0.717) is 26.1 Å².